The molecule has 2 aromatic heterocycles. The summed E-state index contributed by atoms with van der Waals surface area (Å²) in [5.41, 5.74) is 5.96. The monoisotopic (exact) mass is 480 g/mol. The zero-order valence-corrected chi connectivity index (χ0v) is 20.3. The van der Waals surface area contributed by atoms with Gasteiger partial charge in [0.05, 0.1) is 23.0 Å². The van der Waals surface area contributed by atoms with Crippen LogP contribution in [0, 0.1) is 26.6 Å². The van der Waals surface area contributed by atoms with Gasteiger partial charge < -0.3 is 10.1 Å². The number of halogens is 2. The largest absolute Gasteiger partial charge is 0.478 e. The smallest absolute Gasteiger partial charge is 0.224 e. The molecule has 4 aromatic rings. The van der Waals surface area contributed by atoms with Gasteiger partial charge in [-0.05, 0) is 70.0 Å². The second-order valence-electron chi connectivity index (χ2n) is 8.16. The Balaban J connectivity index is 1.65. The number of hydrogen-bond donors (Lipinski definition) is 1. The van der Waals surface area contributed by atoms with Crippen molar-refractivity contribution < 1.29 is 13.9 Å². The van der Waals surface area contributed by atoms with Crippen LogP contribution in [-0.4, -0.2) is 27.3 Å². The number of aromatic nitrogens is 3. The quantitative estimate of drug-likeness (QED) is 0.346. The van der Waals surface area contributed by atoms with Crippen molar-refractivity contribution in [3.8, 4) is 11.6 Å². The highest BCUT2D eigenvalue weighted by molar-refractivity contribution is 6.31. The molecule has 0 radical (unpaired) electrons. The molecule has 0 bridgehead atoms. The first-order chi connectivity index (χ1) is 16.3. The molecule has 2 aromatic carbocycles. The Hall–Kier alpha value is -3.45. The molecule has 1 N–H and O–H groups in total. The Labute approximate surface area is 202 Å². The summed E-state index contributed by atoms with van der Waals surface area (Å²) in [5, 5.41) is 8.41. The van der Waals surface area contributed by atoms with E-state index in [2.05, 4.69) is 5.32 Å². The fourth-order valence-corrected chi connectivity index (χ4v) is 4.17. The maximum atomic E-state index is 13.4. The lowest BCUT2D eigenvalue weighted by atomic mass is 10.0. The van der Waals surface area contributed by atoms with Crippen molar-refractivity contribution in [1.82, 2.24) is 14.8 Å². The molecule has 0 unspecified atom stereocenters. The Bertz CT molecular complexity index is 1370. The van der Waals surface area contributed by atoms with Crippen LogP contribution >= 0.6 is 11.6 Å². The van der Waals surface area contributed by atoms with E-state index in [0.717, 1.165) is 33.5 Å². The van der Waals surface area contributed by atoms with Crippen LogP contribution in [0.3, 0.4) is 0 Å². The number of nitrogens with one attached hydrogen (secondary N) is 1. The molecule has 6 nitrogen and oxygen atoms in total. The Morgan fingerprint density at radius 1 is 1.15 bits per heavy atom. The second kappa shape index (κ2) is 9.81. The van der Waals surface area contributed by atoms with Crippen LogP contribution < -0.4 is 10.1 Å². The number of nitrogens with zero attached hydrogens (tertiary/aromatic N) is 3. The molecule has 0 aliphatic heterocycles. The first kappa shape index (κ1) is 23.7. The maximum absolute atomic E-state index is 13.4. The zero-order valence-electron chi connectivity index (χ0n) is 19.6. The molecule has 0 saturated heterocycles. The molecule has 176 valence electrons. The Morgan fingerprint density at radius 3 is 2.56 bits per heavy atom. The Kier molecular flexibility index (Phi) is 6.84. The zero-order chi connectivity index (χ0) is 24.4. The number of pyridine rings is 1. The van der Waals surface area contributed by atoms with Crippen molar-refractivity contribution >= 4 is 34.2 Å². The number of carbonyl (C=O) groups is 1. The second-order valence-corrected chi connectivity index (χ2v) is 8.57. The minimum absolute atomic E-state index is 0.0389. The molecule has 1 amide bonds. The van der Waals surface area contributed by atoms with Gasteiger partial charge in [0, 0.05) is 23.1 Å². The molecule has 0 fully saturated rings. The Morgan fingerprint density at radius 2 is 1.88 bits per heavy atom. The molecular formula is C26H26ClFN4O2. The summed E-state index contributed by atoms with van der Waals surface area (Å²) in [4.78, 5) is 17.4. The van der Waals surface area contributed by atoms with Gasteiger partial charge in [0.1, 0.15) is 5.82 Å². The highest BCUT2D eigenvalue weighted by atomic mass is 35.5. The predicted molar refractivity (Wildman–Crippen MR) is 133 cm³/mol. The maximum Gasteiger partial charge on any atom is 0.224 e. The number of amides is 1. The molecule has 34 heavy (non-hydrogen) atoms. The average Bonchev–Trinajstić information content (AvgIpc) is 3.13. The minimum Gasteiger partial charge on any atom is -0.478 e. The van der Waals surface area contributed by atoms with E-state index in [4.69, 9.17) is 26.4 Å². The first-order valence-electron chi connectivity index (χ1n) is 11.1. The summed E-state index contributed by atoms with van der Waals surface area (Å²) in [6, 6.07) is 12.2. The van der Waals surface area contributed by atoms with Crippen molar-refractivity contribution in [3.63, 3.8) is 0 Å². The van der Waals surface area contributed by atoms with E-state index in [1.54, 1.807) is 0 Å². The number of hydrogen-bond acceptors (Lipinski definition) is 4. The van der Waals surface area contributed by atoms with E-state index >= 15 is 0 Å². The van der Waals surface area contributed by atoms with E-state index in [1.165, 1.54) is 23.8 Å². The molecule has 2 heterocycles. The number of aryl methyl sites for hydroxylation is 3. The highest BCUT2D eigenvalue weighted by Gasteiger charge is 2.20. The molecule has 8 heteroatoms. The lowest BCUT2D eigenvalue weighted by molar-refractivity contribution is -0.116. The van der Waals surface area contributed by atoms with E-state index in [-0.39, 0.29) is 17.4 Å². The van der Waals surface area contributed by atoms with Crippen molar-refractivity contribution in [3.05, 3.63) is 75.7 Å². The van der Waals surface area contributed by atoms with Crippen LogP contribution in [0.15, 0.2) is 42.5 Å². The minimum atomic E-state index is -0.530. The number of carbonyl (C=O) groups excluding carboxylic acids is 1. The number of anilines is 1. The number of fused-ring (bicyclic) bond motifs is 1. The molecule has 0 spiro atoms. The van der Waals surface area contributed by atoms with Crippen molar-refractivity contribution in [1.29, 1.82) is 0 Å². The predicted octanol–water partition coefficient (Wildman–Crippen LogP) is 6.11. The third kappa shape index (κ3) is 4.75. The fraction of sp³-hybridized carbons (Fsp3) is 0.269. The summed E-state index contributed by atoms with van der Waals surface area (Å²) < 4.78 is 21.1. The first-order valence-corrected chi connectivity index (χ1v) is 11.5. The SMILES string of the molecule is CCOc1nc2c(c(C)nn2-c2ccc(C)cc2)c(C)c1CCC(=O)Nc1ccc(F)c(Cl)c1. The van der Waals surface area contributed by atoms with Crippen LogP contribution in [0.25, 0.3) is 16.7 Å². The average molecular weight is 481 g/mol. The van der Waals surface area contributed by atoms with Crippen LogP contribution in [0.5, 0.6) is 5.88 Å². The molecule has 0 aliphatic carbocycles. The van der Waals surface area contributed by atoms with Crippen LogP contribution in [-0.2, 0) is 11.2 Å². The van der Waals surface area contributed by atoms with E-state index in [9.17, 15) is 9.18 Å². The van der Waals surface area contributed by atoms with Gasteiger partial charge in [0.2, 0.25) is 11.8 Å². The lowest BCUT2D eigenvalue weighted by Crippen LogP contribution is -2.13. The van der Waals surface area contributed by atoms with Gasteiger partial charge in [-0.3, -0.25) is 4.79 Å². The van der Waals surface area contributed by atoms with Gasteiger partial charge in [-0.1, -0.05) is 29.3 Å². The van der Waals surface area contributed by atoms with E-state index in [0.29, 0.717) is 24.6 Å². The van der Waals surface area contributed by atoms with E-state index in [1.807, 2.05) is 56.6 Å². The molecule has 0 aliphatic rings. The molecule has 4 rings (SSSR count). The van der Waals surface area contributed by atoms with Crippen molar-refractivity contribution in [2.45, 2.75) is 40.5 Å². The van der Waals surface area contributed by atoms with Gasteiger partial charge in [0.25, 0.3) is 0 Å². The van der Waals surface area contributed by atoms with Crippen LogP contribution in [0.4, 0.5) is 10.1 Å². The van der Waals surface area contributed by atoms with Gasteiger partial charge in [-0.15, -0.1) is 0 Å². The summed E-state index contributed by atoms with van der Waals surface area (Å²) in [7, 11) is 0. The topological polar surface area (TPSA) is 69.0 Å². The van der Waals surface area contributed by atoms with Crippen molar-refractivity contribution in [2.24, 2.45) is 0 Å². The van der Waals surface area contributed by atoms with Gasteiger partial charge in [0.15, 0.2) is 5.65 Å². The van der Waals surface area contributed by atoms with Crippen LogP contribution in [0.1, 0.15) is 35.7 Å². The summed E-state index contributed by atoms with van der Waals surface area (Å²) in [6.45, 7) is 8.35. The van der Waals surface area contributed by atoms with Crippen molar-refractivity contribution in [2.75, 3.05) is 11.9 Å². The number of benzene rings is 2. The summed E-state index contributed by atoms with van der Waals surface area (Å²) in [5.74, 6) is -0.243. The highest BCUT2D eigenvalue weighted by Crippen LogP contribution is 2.32. The third-order valence-corrected chi connectivity index (χ3v) is 5.98. The van der Waals surface area contributed by atoms with Gasteiger partial charge in [-0.2, -0.15) is 10.1 Å². The van der Waals surface area contributed by atoms with Gasteiger partial charge >= 0.3 is 0 Å². The number of ether oxygens (including phenoxy) is 1. The lowest BCUT2D eigenvalue weighted by Gasteiger charge is -2.14. The molecule has 0 atom stereocenters. The van der Waals surface area contributed by atoms with Gasteiger partial charge in [-0.25, -0.2) is 9.07 Å². The van der Waals surface area contributed by atoms with Crippen LogP contribution in [0.2, 0.25) is 5.02 Å². The number of rotatable bonds is 7. The molecular weight excluding hydrogens is 455 g/mol. The van der Waals surface area contributed by atoms with E-state index < -0.39 is 5.82 Å². The third-order valence-electron chi connectivity index (χ3n) is 5.69. The standard InChI is InChI=1S/C26H26ClFN4O2/c1-5-34-26-20(11-13-23(33)29-18-8-12-22(28)21(27)14-18)16(3)24-17(4)31-32(25(24)30-26)19-9-6-15(2)7-10-19/h6-10,12,14H,5,11,13H2,1-4H3,(H,29,33). The molecule has 0 saturated carbocycles. The fourth-order valence-electron chi connectivity index (χ4n) is 3.98. The normalized spacial score (nSPS) is 11.1. The summed E-state index contributed by atoms with van der Waals surface area (Å²) in [6.07, 6.45) is 0.633. The summed E-state index contributed by atoms with van der Waals surface area (Å²) >= 11 is 5.81.